The second kappa shape index (κ2) is 3.92. The van der Waals surface area contributed by atoms with Crippen molar-refractivity contribution in [3.05, 3.63) is 0 Å². The van der Waals surface area contributed by atoms with E-state index in [2.05, 4.69) is 0 Å². The first-order valence-electron chi connectivity index (χ1n) is 1.34. The lowest BCUT2D eigenvalue weighted by Crippen LogP contribution is -1.99. The minimum Gasteiger partial charge on any atom is -0.369 e. The molecule has 0 aliphatic rings. The summed E-state index contributed by atoms with van der Waals surface area (Å²) in [5, 5.41) is 0. The Hall–Kier alpha value is -0.0800. The highest BCUT2D eigenvalue weighted by Crippen LogP contribution is 1.47. The fourth-order valence-electron chi connectivity index (χ4n) is 0. The van der Waals surface area contributed by atoms with Gasteiger partial charge in [-0.2, -0.15) is 0 Å². The summed E-state index contributed by atoms with van der Waals surface area (Å²) in [5.74, 6) is 0. The molecule has 2 nitrogen and oxygen atoms in total. The molecule has 0 unspecified atom stereocenters. The van der Waals surface area contributed by atoms with E-state index in [1.54, 1.807) is 0 Å². The summed E-state index contributed by atoms with van der Waals surface area (Å²) in [6, 6.07) is 0. The summed E-state index contributed by atoms with van der Waals surface area (Å²) in [4.78, 5) is 2.00. The van der Waals surface area contributed by atoms with Gasteiger partial charge in [-0.3, -0.25) is 0 Å². The molecule has 0 atom stereocenters. The molecule has 0 bridgehead atoms. The number of hydrogen-bond acceptors (Lipinski definition) is 1. The number of rotatable bonds is 0. The van der Waals surface area contributed by atoms with Crippen LogP contribution in [-0.4, -0.2) is 26.0 Å². The largest absolute Gasteiger partial charge is 0.369 e. The molecule has 0 fully saturated rings. The number of hydrogen-bond donors (Lipinski definition) is 1. The molecular weight excluding hydrogens is 64.0 g/mol. The van der Waals surface area contributed by atoms with Crippen LogP contribution >= 0.6 is 0 Å². The summed E-state index contributed by atoms with van der Waals surface area (Å²) in [6.07, 6.45) is 0. The first-order valence-corrected chi connectivity index (χ1v) is 1.34. The van der Waals surface area contributed by atoms with Gasteiger partial charge < -0.3 is 11.1 Å². The molecule has 0 heterocycles. The first-order chi connectivity index (χ1) is 1.73. The molecule has 0 aliphatic heterocycles. The molecule has 0 radical (unpaired) electrons. The van der Waals surface area contributed by atoms with Crippen molar-refractivity contribution in [2.75, 3.05) is 21.1 Å². The van der Waals surface area contributed by atoms with Crippen LogP contribution in [0.3, 0.4) is 0 Å². The normalized spacial score (nSPS) is 7.20. The van der Waals surface area contributed by atoms with Crippen molar-refractivity contribution in [3.63, 3.8) is 0 Å². The molecule has 34 valence electrons. The van der Waals surface area contributed by atoms with E-state index in [-0.39, 0.29) is 6.15 Å². The number of nitrogens with zero attached hydrogens (tertiary/aromatic N) is 1. The Morgan fingerprint density at radius 3 is 1.00 bits per heavy atom. The zero-order valence-electron chi connectivity index (χ0n) is 4.45. The summed E-state index contributed by atoms with van der Waals surface area (Å²) in [7, 11) is 6.00. The van der Waals surface area contributed by atoms with Crippen molar-refractivity contribution in [1.29, 1.82) is 0 Å². The van der Waals surface area contributed by atoms with Gasteiger partial charge in [-0.15, -0.1) is 0 Å². The molecule has 0 amide bonds. The molecule has 0 aliphatic carbocycles. The Kier molecular flexibility index (Phi) is 6.95. The maximum Gasteiger partial charge on any atom is -0.0140 e. The predicted octanol–water partition coefficient (Wildman–Crippen LogP) is 0.554. The monoisotopic (exact) mass is 77.1 g/mol. The van der Waals surface area contributed by atoms with Gasteiger partial charge in [-0.25, -0.2) is 0 Å². The molecule has 4 N–H and O–H groups in total. The quantitative estimate of drug-likeness (QED) is 0.450. The highest BCUT2D eigenvalue weighted by molar-refractivity contribution is 4.09. The van der Waals surface area contributed by atoms with Crippen LogP contribution in [0.15, 0.2) is 0 Å². The average Bonchev–Trinajstić information content (AvgIpc) is 0.811. The third kappa shape index (κ3) is 2260. The molecule has 0 aromatic heterocycles. The molecule has 0 saturated heterocycles. The van der Waals surface area contributed by atoms with E-state index in [1.807, 2.05) is 26.0 Å². The second-order valence-corrected chi connectivity index (χ2v) is 1.34. The molecule has 5 heavy (non-hydrogen) atoms. The van der Waals surface area contributed by atoms with Crippen LogP contribution in [0.5, 0.6) is 0 Å². The Labute approximate surface area is 33.4 Å². The summed E-state index contributed by atoms with van der Waals surface area (Å²) >= 11 is 0. The highest BCUT2D eigenvalue weighted by atomic mass is 15.0. The van der Waals surface area contributed by atoms with Crippen LogP contribution in [0.1, 0.15) is 0 Å². The summed E-state index contributed by atoms with van der Waals surface area (Å²) in [6.45, 7) is 0. The van der Waals surface area contributed by atoms with E-state index in [0.29, 0.717) is 0 Å². The van der Waals surface area contributed by atoms with Gasteiger partial charge in [-0.05, 0) is 21.1 Å². The molecule has 0 saturated carbocycles. The summed E-state index contributed by atoms with van der Waals surface area (Å²) < 4.78 is 0. The lowest BCUT2D eigenvalue weighted by Gasteiger charge is -1.90. The van der Waals surface area contributed by atoms with Gasteiger partial charge in [-0.1, -0.05) is 0 Å². The van der Waals surface area contributed by atoms with Crippen molar-refractivity contribution in [2.24, 2.45) is 0 Å². The fraction of sp³-hybridized carbons (Fsp3) is 1.00. The SMILES string of the molecule is CN(C)C.[NH4+]. The van der Waals surface area contributed by atoms with Crippen LogP contribution in [0.4, 0.5) is 0 Å². The van der Waals surface area contributed by atoms with Crippen molar-refractivity contribution in [1.82, 2.24) is 11.1 Å². The summed E-state index contributed by atoms with van der Waals surface area (Å²) in [5.41, 5.74) is 0. The Morgan fingerprint density at radius 1 is 1.00 bits per heavy atom. The third-order valence-electron chi connectivity index (χ3n) is 0. The van der Waals surface area contributed by atoms with Crippen LogP contribution < -0.4 is 6.15 Å². The van der Waals surface area contributed by atoms with Gasteiger partial charge in [0.25, 0.3) is 0 Å². The predicted molar refractivity (Wildman–Crippen MR) is 25.6 cm³/mol. The zero-order chi connectivity index (χ0) is 3.58. The highest BCUT2D eigenvalue weighted by Gasteiger charge is 1.58. The molecule has 0 aromatic carbocycles. The van der Waals surface area contributed by atoms with Crippen LogP contribution in [0.25, 0.3) is 0 Å². The van der Waals surface area contributed by atoms with E-state index in [1.165, 1.54) is 0 Å². The van der Waals surface area contributed by atoms with Gasteiger partial charge in [0.15, 0.2) is 0 Å². The molecular formula is C3H13N2+. The molecule has 0 rings (SSSR count). The standard InChI is InChI=1S/C3H9N.H3N/c1-4(2)3;/h1-3H3;1H3/p+1. The minimum absolute atomic E-state index is 0. The molecule has 2 heteroatoms. The van der Waals surface area contributed by atoms with Gasteiger partial charge in [0.1, 0.15) is 0 Å². The van der Waals surface area contributed by atoms with Crippen LogP contribution in [-0.2, 0) is 0 Å². The van der Waals surface area contributed by atoms with Gasteiger partial charge in [0.2, 0.25) is 0 Å². The first kappa shape index (κ1) is 8.87. The Balaban J connectivity index is 0. The lowest BCUT2D eigenvalue weighted by atomic mass is 11.0. The van der Waals surface area contributed by atoms with Gasteiger partial charge in [0.05, 0.1) is 0 Å². The maximum atomic E-state index is 2.00. The van der Waals surface area contributed by atoms with E-state index in [0.717, 1.165) is 0 Å². The smallest absolute Gasteiger partial charge is 0.0140 e. The minimum atomic E-state index is 0. The Morgan fingerprint density at radius 2 is 1.00 bits per heavy atom. The lowest BCUT2D eigenvalue weighted by molar-refractivity contribution is 0.505. The number of quaternary nitrogens is 1. The molecule has 0 aromatic rings. The van der Waals surface area contributed by atoms with Crippen LogP contribution in [0, 0.1) is 0 Å². The van der Waals surface area contributed by atoms with E-state index < -0.39 is 0 Å². The van der Waals surface area contributed by atoms with Gasteiger partial charge in [0, 0.05) is 0 Å². The van der Waals surface area contributed by atoms with Gasteiger partial charge >= 0.3 is 0 Å². The topological polar surface area (TPSA) is 39.7 Å². The van der Waals surface area contributed by atoms with E-state index in [4.69, 9.17) is 0 Å². The third-order valence-corrected chi connectivity index (χ3v) is 0. The molecule has 0 spiro atoms. The van der Waals surface area contributed by atoms with Crippen LogP contribution in [0.2, 0.25) is 0 Å². The fourth-order valence-corrected chi connectivity index (χ4v) is 0. The van der Waals surface area contributed by atoms with Crippen molar-refractivity contribution >= 4 is 0 Å². The van der Waals surface area contributed by atoms with E-state index in [9.17, 15) is 0 Å². The van der Waals surface area contributed by atoms with Crippen molar-refractivity contribution in [3.8, 4) is 0 Å². The van der Waals surface area contributed by atoms with Crippen molar-refractivity contribution in [2.45, 2.75) is 0 Å². The Bertz CT molecular complexity index is 9.61. The van der Waals surface area contributed by atoms with E-state index >= 15 is 0 Å². The zero-order valence-corrected chi connectivity index (χ0v) is 4.45. The second-order valence-electron chi connectivity index (χ2n) is 1.34. The maximum absolute atomic E-state index is 2.00. The average molecular weight is 77.2 g/mol. The van der Waals surface area contributed by atoms with Crippen molar-refractivity contribution < 1.29 is 0 Å².